The van der Waals surface area contributed by atoms with E-state index >= 15 is 0 Å². The Morgan fingerprint density at radius 1 is 1.18 bits per heavy atom. The fraction of sp³-hybridized carbons (Fsp3) is 0.667. The number of anilines is 1. The van der Waals surface area contributed by atoms with Gasteiger partial charge >= 0.3 is 0 Å². The molecule has 0 amide bonds. The largest absolute Gasteiger partial charge is 0.357 e. The first-order chi connectivity index (χ1) is 8.13. The molecule has 5 nitrogen and oxygen atoms in total. The van der Waals surface area contributed by atoms with Gasteiger partial charge in [0, 0.05) is 32.9 Å². The van der Waals surface area contributed by atoms with Gasteiger partial charge in [0.05, 0.1) is 11.9 Å². The molecule has 1 aromatic rings. The van der Waals surface area contributed by atoms with Gasteiger partial charge in [0.25, 0.3) is 0 Å². The van der Waals surface area contributed by atoms with E-state index in [1.165, 1.54) is 0 Å². The minimum atomic E-state index is 0.777. The first kappa shape index (κ1) is 13.9. The minimum Gasteiger partial charge on any atom is -0.357 e. The molecule has 5 heteroatoms. The molecule has 1 heterocycles. The normalized spacial score (nSPS) is 10.9. The van der Waals surface area contributed by atoms with Crippen LogP contribution in [0.15, 0.2) is 12.4 Å². The molecule has 0 unspecified atom stereocenters. The molecule has 17 heavy (non-hydrogen) atoms. The first-order valence-electron chi connectivity index (χ1n) is 6.01. The zero-order chi connectivity index (χ0) is 12.7. The third kappa shape index (κ3) is 5.10. The summed E-state index contributed by atoms with van der Waals surface area (Å²) < 4.78 is 0. The van der Waals surface area contributed by atoms with Gasteiger partial charge in [-0.05, 0) is 20.6 Å². The van der Waals surface area contributed by atoms with Crippen molar-refractivity contribution < 1.29 is 0 Å². The second-order valence-electron chi connectivity index (χ2n) is 4.37. The monoisotopic (exact) mass is 237 g/mol. The molecule has 96 valence electrons. The summed E-state index contributed by atoms with van der Waals surface area (Å²) in [6.07, 6.45) is 3.62. The number of nitrogens with zero attached hydrogens (tertiary/aromatic N) is 4. The van der Waals surface area contributed by atoms with E-state index in [1.807, 2.05) is 19.4 Å². The van der Waals surface area contributed by atoms with E-state index in [2.05, 4.69) is 46.1 Å². The van der Waals surface area contributed by atoms with Crippen LogP contribution in [0.2, 0.25) is 0 Å². The lowest BCUT2D eigenvalue weighted by atomic mass is 10.4. The Bertz CT molecular complexity index is 326. The molecule has 1 aromatic heterocycles. The van der Waals surface area contributed by atoms with Crippen molar-refractivity contribution in [3.63, 3.8) is 0 Å². The summed E-state index contributed by atoms with van der Waals surface area (Å²) in [7, 11) is 6.19. The summed E-state index contributed by atoms with van der Waals surface area (Å²) in [5.74, 6) is 0.933. The van der Waals surface area contributed by atoms with Gasteiger partial charge in [-0.2, -0.15) is 0 Å². The molecule has 0 saturated carbocycles. The maximum atomic E-state index is 4.57. The number of aromatic nitrogens is 2. The summed E-state index contributed by atoms with van der Waals surface area (Å²) in [6, 6.07) is 0. The summed E-state index contributed by atoms with van der Waals surface area (Å²) in [4.78, 5) is 13.1. The van der Waals surface area contributed by atoms with Crippen LogP contribution >= 0.6 is 0 Å². The van der Waals surface area contributed by atoms with E-state index in [-0.39, 0.29) is 0 Å². The highest BCUT2D eigenvalue weighted by Gasteiger charge is 2.04. The Labute approximate surface area is 104 Å². The molecule has 0 saturated heterocycles. The van der Waals surface area contributed by atoms with Crippen LogP contribution in [-0.4, -0.2) is 55.6 Å². The Hall–Kier alpha value is -1.20. The predicted octanol–water partition coefficient (Wildman–Crippen LogP) is 0.584. The van der Waals surface area contributed by atoms with Gasteiger partial charge < -0.3 is 15.1 Å². The van der Waals surface area contributed by atoms with Crippen molar-refractivity contribution in [3.05, 3.63) is 18.1 Å². The summed E-state index contributed by atoms with van der Waals surface area (Å²) >= 11 is 0. The molecular weight excluding hydrogens is 214 g/mol. The third-order valence-corrected chi connectivity index (χ3v) is 2.50. The average Bonchev–Trinajstić information content (AvgIpc) is 2.33. The lowest BCUT2D eigenvalue weighted by molar-refractivity contribution is 0.416. The fourth-order valence-corrected chi connectivity index (χ4v) is 1.38. The quantitative estimate of drug-likeness (QED) is 0.751. The lowest BCUT2D eigenvalue weighted by Crippen LogP contribution is -2.29. The van der Waals surface area contributed by atoms with Crippen molar-refractivity contribution in [2.24, 2.45) is 0 Å². The molecule has 0 bridgehead atoms. The smallest absolute Gasteiger partial charge is 0.147 e. The van der Waals surface area contributed by atoms with Crippen LogP contribution in [0.3, 0.4) is 0 Å². The molecule has 0 spiro atoms. The molecule has 0 aliphatic rings. The van der Waals surface area contributed by atoms with Gasteiger partial charge in [-0.3, -0.25) is 4.98 Å². The maximum Gasteiger partial charge on any atom is 0.147 e. The molecular formula is C12H23N5. The molecule has 0 atom stereocenters. The van der Waals surface area contributed by atoms with Crippen LogP contribution < -0.4 is 10.2 Å². The van der Waals surface area contributed by atoms with Crippen LogP contribution in [0.4, 0.5) is 5.82 Å². The number of hydrogen-bond acceptors (Lipinski definition) is 5. The summed E-state index contributed by atoms with van der Waals surface area (Å²) in [6.45, 7) is 5.77. The van der Waals surface area contributed by atoms with Crippen molar-refractivity contribution in [2.75, 3.05) is 45.7 Å². The topological polar surface area (TPSA) is 44.3 Å². The fourth-order valence-electron chi connectivity index (χ4n) is 1.38. The standard InChI is InChI=1S/C12H23N5/c1-5-13-8-11-9-14-10-12(15-11)17(4)7-6-16(2)3/h9-10,13H,5-8H2,1-4H3. The van der Waals surface area contributed by atoms with Crippen LogP contribution in [0.25, 0.3) is 0 Å². The second-order valence-corrected chi connectivity index (χ2v) is 4.37. The molecule has 0 fully saturated rings. The highest BCUT2D eigenvalue weighted by Crippen LogP contribution is 2.07. The molecule has 1 N–H and O–H groups in total. The summed E-state index contributed by atoms with van der Waals surface area (Å²) in [5, 5.41) is 3.25. The Balaban J connectivity index is 2.57. The third-order valence-electron chi connectivity index (χ3n) is 2.50. The maximum absolute atomic E-state index is 4.57. The van der Waals surface area contributed by atoms with Crippen LogP contribution in [0.5, 0.6) is 0 Å². The number of rotatable bonds is 7. The Morgan fingerprint density at radius 2 is 1.94 bits per heavy atom. The van der Waals surface area contributed by atoms with E-state index in [9.17, 15) is 0 Å². The van der Waals surface area contributed by atoms with Crippen molar-refractivity contribution in [2.45, 2.75) is 13.5 Å². The Morgan fingerprint density at radius 3 is 2.59 bits per heavy atom. The van der Waals surface area contributed by atoms with E-state index < -0.39 is 0 Å². The van der Waals surface area contributed by atoms with Crippen LogP contribution in [0, 0.1) is 0 Å². The molecule has 0 aromatic carbocycles. The SMILES string of the molecule is CCNCc1cncc(N(C)CCN(C)C)n1. The van der Waals surface area contributed by atoms with Crippen molar-refractivity contribution in [1.29, 1.82) is 0 Å². The van der Waals surface area contributed by atoms with E-state index in [0.29, 0.717) is 0 Å². The highest BCUT2D eigenvalue weighted by molar-refractivity contribution is 5.34. The van der Waals surface area contributed by atoms with Gasteiger partial charge in [0.1, 0.15) is 5.82 Å². The van der Waals surface area contributed by atoms with Gasteiger partial charge in [-0.15, -0.1) is 0 Å². The van der Waals surface area contributed by atoms with Crippen molar-refractivity contribution in [1.82, 2.24) is 20.2 Å². The first-order valence-corrected chi connectivity index (χ1v) is 6.01. The van der Waals surface area contributed by atoms with Crippen molar-refractivity contribution in [3.8, 4) is 0 Å². The summed E-state index contributed by atoms with van der Waals surface area (Å²) in [5.41, 5.74) is 0.987. The van der Waals surface area contributed by atoms with E-state index in [1.54, 1.807) is 0 Å². The van der Waals surface area contributed by atoms with Crippen LogP contribution in [-0.2, 0) is 6.54 Å². The number of hydrogen-bond donors (Lipinski definition) is 1. The highest BCUT2D eigenvalue weighted by atomic mass is 15.2. The van der Waals surface area contributed by atoms with Crippen LogP contribution in [0.1, 0.15) is 12.6 Å². The zero-order valence-corrected chi connectivity index (χ0v) is 11.3. The van der Waals surface area contributed by atoms with E-state index in [0.717, 1.165) is 37.7 Å². The Kier molecular flexibility index (Phi) is 5.86. The van der Waals surface area contributed by atoms with Crippen molar-refractivity contribution >= 4 is 5.82 Å². The van der Waals surface area contributed by atoms with Gasteiger partial charge in [0.15, 0.2) is 0 Å². The van der Waals surface area contributed by atoms with E-state index in [4.69, 9.17) is 0 Å². The van der Waals surface area contributed by atoms with Gasteiger partial charge in [-0.1, -0.05) is 6.92 Å². The van der Waals surface area contributed by atoms with Gasteiger partial charge in [0.2, 0.25) is 0 Å². The number of nitrogens with one attached hydrogen (secondary N) is 1. The second kappa shape index (κ2) is 7.19. The predicted molar refractivity (Wildman–Crippen MR) is 71.2 cm³/mol. The zero-order valence-electron chi connectivity index (χ0n) is 11.3. The molecule has 1 rings (SSSR count). The molecule has 0 radical (unpaired) electrons. The molecule has 0 aliphatic carbocycles. The average molecular weight is 237 g/mol. The lowest BCUT2D eigenvalue weighted by Gasteiger charge is -2.20. The number of likely N-dealkylation sites (N-methyl/N-ethyl adjacent to an activating group) is 2. The molecule has 0 aliphatic heterocycles. The minimum absolute atomic E-state index is 0.777. The van der Waals surface area contributed by atoms with Gasteiger partial charge in [-0.25, -0.2) is 4.98 Å².